The molecule has 2 heteroatoms. The van der Waals surface area contributed by atoms with E-state index in [4.69, 9.17) is 0 Å². The molecule has 1 rings (SSSR count). The van der Waals surface area contributed by atoms with Gasteiger partial charge in [0.1, 0.15) is 5.60 Å². The monoisotopic (exact) mass is 218 g/mol. The molecule has 16 heavy (non-hydrogen) atoms. The zero-order chi connectivity index (χ0) is 12.0. The zero-order valence-electron chi connectivity index (χ0n) is 9.81. The van der Waals surface area contributed by atoms with Crippen molar-refractivity contribution < 1.29 is 9.90 Å². The highest BCUT2D eigenvalue weighted by Gasteiger charge is 2.21. The van der Waals surface area contributed by atoms with Crippen LogP contribution in [0.1, 0.15) is 32.3 Å². The van der Waals surface area contributed by atoms with Gasteiger partial charge in [-0.05, 0) is 25.8 Å². The Morgan fingerprint density at radius 2 is 1.94 bits per heavy atom. The third kappa shape index (κ3) is 4.41. The van der Waals surface area contributed by atoms with Gasteiger partial charge in [0.25, 0.3) is 0 Å². The van der Waals surface area contributed by atoms with Crippen molar-refractivity contribution >= 4 is 11.9 Å². The van der Waals surface area contributed by atoms with E-state index in [1.165, 1.54) is 13.8 Å². The molecule has 0 bridgehead atoms. The maximum absolute atomic E-state index is 11.4. The first-order chi connectivity index (χ1) is 7.50. The van der Waals surface area contributed by atoms with E-state index in [1.807, 2.05) is 42.5 Å². The van der Waals surface area contributed by atoms with Crippen molar-refractivity contribution in [1.29, 1.82) is 0 Å². The number of carbonyl (C=O) groups is 1. The highest BCUT2D eigenvalue weighted by molar-refractivity contribution is 5.86. The van der Waals surface area contributed by atoms with Crippen LogP contribution in [0.5, 0.6) is 0 Å². The molecule has 0 amide bonds. The Hall–Kier alpha value is -1.41. The first-order valence-electron chi connectivity index (χ1n) is 5.47. The van der Waals surface area contributed by atoms with Crippen LogP contribution in [0.15, 0.2) is 36.4 Å². The van der Waals surface area contributed by atoms with Gasteiger partial charge in [-0.3, -0.25) is 4.79 Å². The highest BCUT2D eigenvalue weighted by atomic mass is 16.3. The van der Waals surface area contributed by atoms with Crippen molar-refractivity contribution in [2.24, 2.45) is 0 Å². The van der Waals surface area contributed by atoms with Gasteiger partial charge in [0.15, 0.2) is 5.78 Å². The SMILES string of the molecule is CC(C)(O)C(=O)CCC=Cc1ccccc1. The van der Waals surface area contributed by atoms with E-state index in [0.29, 0.717) is 12.8 Å². The van der Waals surface area contributed by atoms with Crippen LogP contribution in [0.3, 0.4) is 0 Å². The Morgan fingerprint density at radius 3 is 2.50 bits per heavy atom. The molecule has 0 spiro atoms. The van der Waals surface area contributed by atoms with Crippen molar-refractivity contribution in [2.75, 3.05) is 0 Å². The molecule has 2 nitrogen and oxygen atoms in total. The molecular formula is C14H18O2. The summed E-state index contributed by atoms with van der Waals surface area (Å²) < 4.78 is 0. The Balaban J connectivity index is 2.37. The third-order valence-corrected chi connectivity index (χ3v) is 2.33. The normalized spacial score (nSPS) is 11.9. The van der Waals surface area contributed by atoms with Crippen LogP contribution >= 0.6 is 0 Å². The molecule has 1 aromatic rings. The summed E-state index contributed by atoms with van der Waals surface area (Å²) in [6, 6.07) is 9.93. The molecule has 1 N–H and O–H groups in total. The van der Waals surface area contributed by atoms with Gasteiger partial charge in [-0.1, -0.05) is 42.5 Å². The van der Waals surface area contributed by atoms with Crippen molar-refractivity contribution in [3.63, 3.8) is 0 Å². The van der Waals surface area contributed by atoms with Crippen LogP contribution in [0.2, 0.25) is 0 Å². The Bertz CT molecular complexity index is 358. The van der Waals surface area contributed by atoms with E-state index >= 15 is 0 Å². The van der Waals surface area contributed by atoms with Gasteiger partial charge in [0.2, 0.25) is 0 Å². The maximum atomic E-state index is 11.4. The first-order valence-corrected chi connectivity index (χ1v) is 5.47. The molecular weight excluding hydrogens is 200 g/mol. The number of aliphatic hydroxyl groups is 1. The molecule has 0 saturated carbocycles. The maximum Gasteiger partial charge on any atom is 0.164 e. The largest absolute Gasteiger partial charge is 0.383 e. The van der Waals surface area contributed by atoms with Gasteiger partial charge >= 0.3 is 0 Å². The summed E-state index contributed by atoms with van der Waals surface area (Å²) in [6.45, 7) is 3.05. The molecule has 0 saturated heterocycles. The number of ketones is 1. The van der Waals surface area contributed by atoms with E-state index < -0.39 is 5.60 Å². The molecule has 0 unspecified atom stereocenters. The molecule has 0 aliphatic rings. The lowest BCUT2D eigenvalue weighted by molar-refractivity contribution is -0.133. The third-order valence-electron chi connectivity index (χ3n) is 2.33. The van der Waals surface area contributed by atoms with Crippen molar-refractivity contribution in [3.8, 4) is 0 Å². The molecule has 0 aliphatic heterocycles. The van der Waals surface area contributed by atoms with Gasteiger partial charge in [0, 0.05) is 6.42 Å². The molecule has 0 aromatic heterocycles. The van der Waals surface area contributed by atoms with Crippen molar-refractivity contribution in [2.45, 2.75) is 32.3 Å². The summed E-state index contributed by atoms with van der Waals surface area (Å²) >= 11 is 0. The summed E-state index contributed by atoms with van der Waals surface area (Å²) in [7, 11) is 0. The number of allylic oxidation sites excluding steroid dienone is 1. The van der Waals surface area contributed by atoms with Gasteiger partial charge in [0.05, 0.1) is 0 Å². The number of rotatable bonds is 5. The van der Waals surface area contributed by atoms with Crippen molar-refractivity contribution in [3.05, 3.63) is 42.0 Å². The predicted molar refractivity (Wildman–Crippen MR) is 66.0 cm³/mol. The van der Waals surface area contributed by atoms with Crippen LogP contribution in [-0.2, 0) is 4.79 Å². The van der Waals surface area contributed by atoms with E-state index in [0.717, 1.165) is 5.56 Å². The van der Waals surface area contributed by atoms with Crippen LogP contribution in [0, 0.1) is 0 Å². The molecule has 0 heterocycles. The number of carbonyl (C=O) groups excluding carboxylic acids is 1. The van der Waals surface area contributed by atoms with Crippen LogP contribution in [0.25, 0.3) is 6.08 Å². The van der Waals surface area contributed by atoms with Gasteiger partial charge in [-0.15, -0.1) is 0 Å². The van der Waals surface area contributed by atoms with Crippen molar-refractivity contribution in [1.82, 2.24) is 0 Å². The smallest absolute Gasteiger partial charge is 0.164 e. The fourth-order valence-electron chi connectivity index (χ4n) is 1.30. The molecule has 1 aromatic carbocycles. The second-order valence-corrected chi connectivity index (χ2v) is 4.33. The lowest BCUT2D eigenvalue weighted by Crippen LogP contribution is -2.30. The van der Waals surface area contributed by atoms with E-state index in [1.54, 1.807) is 0 Å². The Morgan fingerprint density at radius 1 is 1.31 bits per heavy atom. The fourth-order valence-corrected chi connectivity index (χ4v) is 1.30. The summed E-state index contributed by atoms with van der Waals surface area (Å²) in [5, 5.41) is 9.43. The molecule has 0 aliphatic carbocycles. The lowest BCUT2D eigenvalue weighted by atomic mass is 9.99. The summed E-state index contributed by atoms with van der Waals surface area (Å²) in [5.74, 6) is -0.120. The summed E-state index contributed by atoms with van der Waals surface area (Å²) in [4.78, 5) is 11.4. The van der Waals surface area contributed by atoms with Crippen LogP contribution in [-0.4, -0.2) is 16.5 Å². The quantitative estimate of drug-likeness (QED) is 0.825. The fraction of sp³-hybridized carbons (Fsp3) is 0.357. The minimum atomic E-state index is -1.21. The highest BCUT2D eigenvalue weighted by Crippen LogP contribution is 2.09. The average Bonchev–Trinajstić information content (AvgIpc) is 2.24. The van der Waals surface area contributed by atoms with E-state index in [9.17, 15) is 9.90 Å². The minimum Gasteiger partial charge on any atom is -0.383 e. The minimum absolute atomic E-state index is 0.120. The standard InChI is InChI=1S/C14H18O2/c1-14(2,16)13(15)11-7-6-10-12-8-4-3-5-9-12/h3-6,8-10,16H,7,11H2,1-2H3. The number of benzene rings is 1. The van der Waals surface area contributed by atoms with E-state index in [-0.39, 0.29) is 5.78 Å². The number of hydrogen-bond acceptors (Lipinski definition) is 2. The Labute approximate surface area is 96.6 Å². The van der Waals surface area contributed by atoms with Gasteiger partial charge in [-0.2, -0.15) is 0 Å². The Kier molecular flexibility index (Phi) is 4.44. The van der Waals surface area contributed by atoms with E-state index in [2.05, 4.69) is 0 Å². The topological polar surface area (TPSA) is 37.3 Å². The predicted octanol–water partition coefficient (Wildman–Crippen LogP) is 2.82. The zero-order valence-corrected chi connectivity index (χ0v) is 9.81. The van der Waals surface area contributed by atoms with Gasteiger partial charge in [-0.25, -0.2) is 0 Å². The number of hydrogen-bond donors (Lipinski definition) is 1. The van der Waals surface area contributed by atoms with Gasteiger partial charge < -0.3 is 5.11 Å². The second-order valence-electron chi connectivity index (χ2n) is 4.33. The summed E-state index contributed by atoms with van der Waals surface area (Å²) in [5.41, 5.74) is -0.0844. The molecule has 0 radical (unpaired) electrons. The molecule has 0 fully saturated rings. The molecule has 0 atom stereocenters. The number of Topliss-reactive ketones (excluding diaryl/α,β-unsaturated/α-hetero) is 1. The summed E-state index contributed by atoms with van der Waals surface area (Å²) in [6.07, 6.45) is 4.99. The average molecular weight is 218 g/mol. The van der Waals surface area contributed by atoms with Crippen LogP contribution < -0.4 is 0 Å². The lowest BCUT2D eigenvalue weighted by Gasteiger charge is -2.14. The van der Waals surface area contributed by atoms with Crippen LogP contribution in [0.4, 0.5) is 0 Å². The second kappa shape index (κ2) is 5.61. The molecule has 86 valence electrons. The first kappa shape index (κ1) is 12.7.